The fraction of sp³-hybridized carbons (Fsp3) is 0.316. The molecule has 0 aliphatic carbocycles. The zero-order chi connectivity index (χ0) is 17.9. The van der Waals surface area contributed by atoms with Crippen LogP contribution in [0.25, 0.3) is 22.0 Å². The van der Waals surface area contributed by atoms with Crippen LogP contribution in [0, 0.1) is 18.6 Å². The Kier molecular flexibility index (Phi) is 5.54. The third-order valence-corrected chi connectivity index (χ3v) is 3.52. The molecule has 2 aromatic carbocycles. The minimum absolute atomic E-state index is 0.0215. The lowest BCUT2D eigenvalue weighted by molar-refractivity contribution is 0.418. The molecule has 0 bridgehead atoms. The number of fused-ring (bicyclic) bond motifs is 1. The maximum atomic E-state index is 13.7. The number of nitrogens with zero attached hydrogens (tertiary/aromatic N) is 2. The Morgan fingerprint density at radius 1 is 1.04 bits per heavy atom. The Morgan fingerprint density at radius 3 is 2.12 bits per heavy atom. The van der Waals surface area contributed by atoms with Gasteiger partial charge in [-0.1, -0.05) is 20.3 Å². The van der Waals surface area contributed by atoms with E-state index in [9.17, 15) is 8.78 Å². The highest BCUT2D eigenvalue weighted by Crippen LogP contribution is 2.32. The molecule has 0 spiro atoms. The molecule has 1 aromatic heterocycles. The molecular formula is C19H22F2N2O. The average Bonchev–Trinajstić information content (AvgIpc) is 2.92. The second kappa shape index (κ2) is 7.43. The van der Waals surface area contributed by atoms with Gasteiger partial charge in [0.05, 0.1) is 7.11 Å². The second-order valence-corrected chi connectivity index (χ2v) is 5.69. The van der Waals surface area contributed by atoms with E-state index in [1.54, 1.807) is 17.9 Å². The van der Waals surface area contributed by atoms with Crippen LogP contribution in [0.4, 0.5) is 8.78 Å². The van der Waals surface area contributed by atoms with Gasteiger partial charge in [-0.25, -0.2) is 8.78 Å². The maximum absolute atomic E-state index is 13.7. The molecule has 0 unspecified atom stereocenters. The molecular weight excluding hydrogens is 310 g/mol. The van der Waals surface area contributed by atoms with Crippen molar-refractivity contribution in [3.63, 3.8) is 0 Å². The number of ether oxygens (including phenoxy) is 1. The number of aromatic nitrogens is 2. The van der Waals surface area contributed by atoms with Gasteiger partial charge in [0.2, 0.25) is 0 Å². The van der Waals surface area contributed by atoms with E-state index in [-0.39, 0.29) is 5.56 Å². The first kappa shape index (κ1) is 17.9. The number of aryl methyl sites for hydroxylation is 1. The van der Waals surface area contributed by atoms with E-state index in [1.165, 1.54) is 25.5 Å². The zero-order valence-corrected chi connectivity index (χ0v) is 14.7. The van der Waals surface area contributed by atoms with Gasteiger partial charge < -0.3 is 4.74 Å². The van der Waals surface area contributed by atoms with E-state index in [4.69, 9.17) is 4.74 Å². The summed E-state index contributed by atoms with van der Waals surface area (Å²) in [5, 5.41) is 5.17. The monoisotopic (exact) mass is 332 g/mol. The van der Waals surface area contributed by atoms with Crippen molar-refractivity contribution >= 4 is 10.9 Å². The highest BCUT2D eigenvalue weighted by Gasteiger charge is 2.12. The van der Waals surface area contributed by atoms with Gasteiger partial charge in [-0.15, -0.1) is 0 Å². The summed E-state index contributed by atoms with van der Waals surface area (Å²) >= 11 is 0. The lowest BCUT2D eigenvalue weighted by atomic mass is 10.0. The van der Waals surface area contributed by atoms with Gasteiger partial charge >= 0.3 is 0 Å². The van der Waals surface area contributed by atoms with Crippen LogP contribution in [0.15, 0.2) is 30.5 Å². The Morgan fingerprint density at radius 2 is 1.58 bits per heavy atom. The van der Waals surface area contributed by atoms with E-state index in [0.717, 1.165) is 10.9 Å². The Bertz CT molecular complexity index is 833. The number of rotatable bonds is 2. The summed E-state index contributed by atoms with van der Waals surface area (Å²) in [4.78, 5) is 0. The molecule has 0 saturated carbocycles. The van der Waals surface area contributed by atoms with Crippen LogP contribution in [-0.4, -0.2) is 16.9 Å². The van der Waals surface area contributed by atoms with Crippen molar-refractivity contribution in [2.75, 3.05) is 7.11 Å². The second-order valence-electron chi connectivity index (χ2n) is 5.69. The molecule has 0 aliphatic rings. The van der Waals surface area contributed by atoms with Crippen LogP contribution in [0.2, 0.25) is 0 Å². The minimum atomic E-state index is -0.560. The molecule has 1 heterocycles. The lowest BCUT2D eigenvalue weighted by Gasteiger charge is -2.08. The molecule has 0 aliphatic heterocycles. The molecule has 24 heavy (non-hydrogen) atoms. The quantitative estimate of drug-likeness (QED) is 0.641. The molecule has 0 N–H and O–H groups in total. The first-order valence-corrected chi connectivity index (χ1v) is 7.88. The minimum Gasteiger partial charge on any atom is -0.494 e. The van der Waals surface area contributed by atoms with Gasteiger partial charge in [-0.2, -0.15) is 5.10 Å². The molecule has 128 valence electrons. The van der Waals surface area contributed by atoms with Crippen molar-refractivity contribution in [2.24, 2.45) is 7.05 Å². The number of hydrogen-bond acceptors (Lipinski definition) is 2. The standard InChI is InChI=1S/C16H14F2N2O.C3H8/c1-9-13(17)5-11(6-14(9)18)10-4-12-8-20(2)19-16(12)15(7-10)21-3;1-3-2/h4-8H,1-3H3;3H2,1-2H3. The summed E-state index contributed by atoms with van der Waals surface area (Å²) in [6.07, 6.45) is 3.09. The highest BCUT2D eigenvalue weighted by atomic mass is 19.1. The smallest absolute Gasteiger partial charge is 0.147 e. The first-order chi connectivity index (χ1) is 11.4. The van der Waals surface area contributed by atoms with Crippen LogP contribution < -0.4 is 4.74 Å². The fourth-order valence-electron chi connectivity index (χ4n) is 2.36. The van der Waals surface area contributed by atoms with Gasteiger partial charge in [0.25, 0.3) is 0 Å². The van der Waals surface area contributed by atoms with Gasteiger partial charge in [0.1, 0.15) is 22.9 Å². The largest absolute Gasteiger partial charge is 0.494 e. The average molecular weight is 332 g/mol. The van der Waals surface area contributed by atoms with Gasteiger partial charge in [-0.3, -0.25) is 4.68 Å². The molecule has 0 fully saturated rings. The predicted octanol–water partition coefficient (Wildman–Crippen LogP) is 5.25. The third-order valence-electron chi connectivity index (χ3n) is 3.52. The van der Waals surface area contributed by atoms with Crippen molar-refractivity contribution < 1.29 is 13.5 Å². The number of benzene rings is 2. The maximum Gasteiger partial charge on any atom is 0.147 e. The zero-order valence-electron chi connectivity index (χ0n) is 14.7. The highest BCUT2D eigenvalue weighted by molar-refractivity contribution is 5.89. The summed E-state index contributed by atoms with van der Waals surface area (Å²) < 4.78 is 34.5. The van der Waals surface area contributed by atoms with Crippen molar-refractivity contribution in [3.05, 3.63) is 47.7 Å². The van der Waals surface area contributed by atoms with E-state index in [0.29, 0.717) is 16.9 Å². The van der Waals surface area contributed by atoms with Crippen molar-refractivity contribution in [3.8, 4) is 16.9 Å². The molecule has 5 heteroatoms. The van der Waals surface area contributed by atoms with Crippen molar-refractivity contribution in [1.29, 1.82) is 0 Å². The molecule has 0 atom stereocenters. The molecule has 3 aromatic rings. The van der Waals surface area contributed by atoms with Crippen molar-refractivity contribution in [1.82, 2.24) is 9.78 Å². The topological polar surface area (TPSA) is 27.1 Å². The van der Waals surface area contributed by atoms with Gasteiger partial charge in [0, 0.05) is 24.2 Å². The summed E-state index contributed by atoms with van der Waals surface area (Å²) in [5.74, 6) is -0.546. The molecule has 0 amide bonds. The van der Waals surface area contributed by atoms with E-state index in [1.807, 2.05) is 19.3 Å². The predicted molar refractivity (Wildman–Crippen MR) is 93.3 cm³/mol. The molecule has 3 rings (SSSR count). The van der Waals surface area contributed by atoms with Crippen LogP contribution >= 0.6 is 0 Å². The summed E-state index contributed by atoms with van der Waals surface area (Å²) in [7, 11) is 3.36. The fourth-order valence-corrected chi connectivity index (χ4v) is 2.36. The number of methoxy groups -OCH3 is 1. The summed E-state index contributed by atoms with van der Waals surface area (Å²) in [5.41, 5.74) is 1.90. The Labute approximate surface area is 140 Å². The Balaban J connectivity index is 0.000000647. The Hall–Kier alpha value is -2.43. The van der Waals surface area contributed by atoms with Gasteiger partial charge in [0.15, 0.2) is 0 Å². The molecule has 0 radical (unpaired) electrons. The SMILES string of the molecule is CCC.COc1cc(-c2cc(F)c(C)c(F)c2)cc2cn(C)nc12. The van der Waals surface area contributed by atoms with E-state index >= 15 is 0 Å². The summed E-state index contributed by atoms with van der Waals surface area (Å²) in [6.45, 7) is 5.67. The van der Waals surface area contributed by atoms with Crippen LogP contribution in [-0.2, 0) is 7.05 Å². The third kappa shape index (κ3) is 3.55. The normalized spacial score (nSPS) is 10.5. The first-order valence-electron chi connectivity index (χ1n) is 7.88. The van der Waals surface area contributed by atoms with Crippen LogP contribution in [0.1, 0.15) is 25.8 Å². The van der Waals surface area contributed by atoms with E-state index in [2.05, 4.69) is 18.9 Å². The number of hydrogen-bond donors (Lipinski definition) is 0. The van der Waals surface area contributed by atoms with Crippen molar-refractivity contribution in [2.45, 2.75) is 27.2 Å². The summed E-state index contributed by atoms with van der Waals surface area (Å²) in [6, 6.07) is 6.23. The van der Waals surface area contributed by atoms with E-state index < -0.39 is 11.6 Å². The molecule has 0 saturated heterocycles. The lowest BCUT2D eigenvalue weighted by Crippen LogP contribution is -1.92. The number of halogens is 2. The molecule has 3 nitrogen and oxygen atoms in total. The van der Waals surface area contributed by atoms with Gasteiger partial charge in [-0.05, 0) is 42.3 Å². The van der Waals surface area contributed by atoms with Crippen LogP contribution in [0.5, 0.6) is 5.75 Å². The van der Waals surface area contributed by atoms with Crippen LogP contribution in [0.3, 0.4) is 0 Å².